The molecule has 144 valence electrons. The first-order valence-electron chi connectivity index (χ1n) is 9.85. The topological polar surface area (TPSA) is 32.3 Å². The zero-order chi connectivity index (χ0) is 19.2. The summed E-state index contributed by atoms with van der Waals surface area (Å²) < 4.78 is 13.7. The second-order valence-electron chi connectivity index (χ2n) is 7.54. The minimum absolute atomic E-state index is 0.0739. The minimum Gasteiger partial charge on any atom is -0.308 e. The van der Waals surface area contributed by atoms with Gasteiger partial charge in [0.15, 0.2) is 5.78 Å². The normalized spacial score (nSPS) is 16.3. The maximum absolute atomic E-state index is 13.7. The van der Waals surface area contributed by atoms with E-state index in [1.807, 2.05) is 0 Å². The molecule has 3 rings (SSSR count). The van der Waals surface area contributed by atoms with Crippen molar-refractivity contribution in [2.24, 2.45) is 0 Å². The monoisotopic (exact) mass is 368 g/mol. The predicted molar refractivity (Wildman–Crippen MR) is 108 cm³/mol. The van der Waals surface area contributed by atoms with Crippen molar-refractivity contribution >= 4 is 5.78 Å². The molecule has 0 spiro atoms. The number of benzene rings is 2. The summed E-state index contributed by atoms with van der Waals surface area (Å²) in [5, 5.41) is 3.31. The molecular formula is C23H29FN2O. The van der Waals surface area contributed by atoms with Crippen molar-refractivity contribution in [1.29, 1.82) is 0 Å². The number of halogens is 1. The molecule has 0 radical (unpaired) electrons. The van der Waals surface area contributed by atoms with E-state index in [4.69, 9.17) is 0 Å². The summed E-state index contributed by atoms with van der Waals surface area (Å²) in [5.41, 5.74) is 3.52. The number of hydrogen-bond donors (Lipinski definition) is 1. The van der Waals surface area contributed by atoms with Crippen LogP contribution in [0.1, 0.15) is 52.4 Å². The van der Waals surface area contributed by atoms with Crippen LogP contribution in [-0.4, -0.2) is 36.9 Å². The Morgan fingerprint density at radius 1 is 1.07 bits per heavy atom. The fraction of sp³-hybridized carbons (Fsp3) is 0.435. The van der Waals surface area contributed by atoms with E-state index in [2.05, 4.69) is 41.4 Å². The number of piperidine rings is 1. The van der Waals surface area contributed by atoms with Gasteiger partial charge in [0.1, 0.15) is 5.82 Å². The zero-order valence-corrected chi connectivity index (χ0v) is 16.3. The molecule has 0 saturated carbocycles. The first-order valence-corrected chi connectivity index (χ1v) is 9.85. The van der Waals surface area contributed by atoms with Crippen LogP contribution in [0, 0.1) is 19.7 Å². The Kier molecular flexibility index (Phi) is 6.75. The maximum Gasteiger partial charge on any atom is 0.176 e. The highest BCUT2D eigenvalue weighted by atomic mass is 19.1. The van der Waals surface area contributed by atoms with Gasteiger partial charge in [-0.05, 0) is 57.0 Å². The van der Waals surface area contributed by atoms with Gasteiger partial charge < -0.3 is 5.32 Å². The Balaban J connectivity index is 1.64. The summed E-state index contributed by atoms with van der Waals surface area (Å²) in [6, 6.07) is 13.6. The van der Waals surface area contributed by atoms with Crippen LogP contribution >= 0.6 is 0 Å². The molecule has 4 heteroatoms. The molecule has 0 amide bonds. The van der Waals surface area contributed by atoms with Crippen LogP contribution < -0.4 is 5.32 Å². The van der Waals surface area contributed by atoms with Gasteiger partial charge in [-0.1, -0.05) is 48.4 Å². The van der Waals surface area contributed by atoms with E-state index in [1.165, 1.54) is 36.5 Å². The fourth-order valence-corrected chi connectivity index (χ4v) is 3.67. The number of rotatable bonds is 7. The van der Waals surface area contributed by atoms with Crippen LogP contribution in [0.4, 0.5) is 4.39 Å². The van der Waals surface area contributed by atoms with Crippen molar-refractivity contribution in [1.82, 2.24) is 10.2 Å². The van der Waals surface area contributed by atoms with Crippen molar-refractivity contribution in [2.45, 2.75) is 39.2 Å². The third kappa shape index (κ3) is 5.24. The average molecular weight is 368 g/mol. The van der Waals surface area contributed by atoms with Crippen molar-refractivity contribution in [3.05, 3.63) is 70.5 Å². The molecular weight excluding hydrogens is 339 g/mol. The second-order valence-corrected chi connectivity index (χ2v) is 7.54. The van der Waals surface area contributed by atoms with Crippen LogP contribution in [0.2, 0.25) is 0 Å². The minimum atomic E-state index is -0.327. The molecule has 2 aromatic rings. The fourth-order valence-electron chi connectivity index (χ4n) is 3.67. The summed E-state index contributed by atoms with van der Waals surface area (Å²) >= 11 is 0. The number of nitrogens with zero attached hydrogens (tertiary/aromatic N) is 1. The van der Waals surface area contributed by atoms with E-state index in [1.54, 1.807) is 19.1 Å². The number of carbonyl (C=O) groups excluding carboxylic acids is 1. The van der Waals surface area contributed by atoms with Crippen molar-refractivity contribution in [3.8, 4) is 0 Å². The van der Waals surface area contributed by atoms with Crippen LogP contribution in [0.25, 0.3) is 0 Å². The molecule has 2 aromatic carbocycles. The quantitative estimate of drug-likeness (QED) is 0.733. The Morgan fingerprint density at radius 3 is 2.44 bits per heavy atom. The number of Topliss-reactive ketones (excluding diaryl/α,β-unsaturated/α-hetero) is 1. The lowest BCUT2D eigenvalue weighted by molar-refractivity contribution is 0.0983. The van der Waals surface area contributed by atoms with Gasteiger partial charge >= 0.3 is 0 Å². The Labute approximate surface area is 161 Å². The van der Waals surface area contributed by atoms with Crippen molar-refractivity contribution < 1.29 is 9.18 Å². The summed E-state index contributed by atoms with van der Waals surface area (Å²) in [4.78, 5) is 14.9. The van der Waals surface area contributed by atoms with Crippen molar-refractivity contribution in [3.63, 3.8) is 0 Å². The smallest absolute Gasteiger partial charge is 0.176 e. The SMILES string of the molecule is Cc1ccc(C(CNCC(=O)c2ccc(C)c(F)c2)N2CCCCC2)cc1. The van der Waals surface area contributed by atoms with Gasteiger partial charge in [0.05, 0.1) is 6.54 Å². The molecule has 0 bridgehead atoms. The number of aryl methyl sites for hydroxylation is 2. The standard InChI is InChI=1S/C23H29FN2O/c1-17-6-9-19(10-7-17)22(26-12-4-3-5-13-26)15-25-16-23(27)20-11-8-18(2)21(24)14-20/h6-11,14,22,25H,3-5,12-13,15-16H2,1-2H3. The highest BCUT2D eigenvalue weighted by Gasteiger charge is 2.22. The van der Waals surface area contributed by atoms with E-state index in [0.717, 1.165) is 13.1 Å². The van der Waals surface area contributed by atoms with Gasteiger partial charge in [-0.15, -0.1) is 0 Å². The van der Waals surface area contributed by atoms with Crippen LogP contribution in [0.15, 0.2) is 42.5 Å². The Morgan fingerprint density at radius 2 is 1.78 bits per heavy atom. The molecule has 1 heterocycles. The Bertz CT molecular complexity index is 766. The number of nitrogens with one attached hydrogen (secondary N) is 1. The Hall–Kier alpha value is -2.04. The number of likely N-dealkylation sites (tertiary alicyclic amines) is 1. The molecule has 1 saturated heterocycles. The summed E-state index contributed by atoms with van der Waals surface area (Å²) in [5.74, 6) is -0.401. The van der Waals surface area contributed by atoms with Crippen LogP contribution in [0.5, 0.6) is 0 Å². The molecule has 1 aliphatic rings. The summed E-state index contributed by atoms with van der Waals surface area (Å²) in [7, 11) is 0. The van der Waals surface area contributed by atoms with E-state index >= 15 is 0 Å². The van der Waals surface area contributed by atoms with Gasteiger partial charge in [0.2, 0.25) is 0 Å². The highest BCUT2D eigenvalue weighted by molar-refractivity contribution is 5.97. The maximum atomic E-state index is 13.7. The average Bonchev–Trinajstić information content (AvgIpc) is 2.69. The number of carbonyl (C=O) groups is 1. The zero-order valence-electron chi connectivity index (χ0n) is 16.3. The molecule has 1 aliphatic heterocycles. The van der Waals surface area contributed by atoms with Crippen LogP contribution in [-0.2, 0) is 0 Å². The first kappa shape index (κ1) is 19.7. The van der Waals surface area contributed by atoms with Gasteiger partial charge in [-0.3, -0.25) is 9.69 Å². The number of hydrogen-bond acceptors (Lipinski definition) is 3. The molecule has 27 heavy (non-hydrogen) atoms. The van der Waals surface area contributed by atoms with E-state index in [0.29, 0.717) is 17.7 Å². The lowest BCUT2D eigenvalue weighted by Gasteiger charge is -2.35. The van der Waals surface area contributed by atoms with Crippen LogP contribution in [0.3, 0.4) is 0 Å². The lowest BCUT2D eigenvalue weighted by Crippen LogP contribution is -2.40. The highest BCUT2D eigenvalue weighted by Crippen LogP contribution is 2.24. The molecule has 3 nitrogen and oxygen atoms in total. The molecule has 0 aromatic heterocycles. The lowest BCUT2D eigenvalue weighted by atomic mass is 10.0. The van der Waals surface area contributed by atoms with E-state index in [-0.39, 0.29) is 24.2 Å². The molecule has 1 N–H and O–H groups in total. The molecule has 1 atom stereocenters. The van der Waals surface area contributed by atoms with E-state index in [9.17, 15) is 9.18 Å². The third-order valence-corrected chi connectivity index (χ3v) is 5.41. The molecule has 1 fully saturated rings. The van der Waals surface area contributed by atoms with Crippen molar-refractivity contribution in [2.75, 3.05) is 26.2 Å². The summed E-state index contributed by atoms with van der Waals surface area (Å²) in [6.45, 7) is 6.92. The summed E-state index contributed by atoms with van der Waals surface area (Å²) in [6.07, 6.45) is 3.75. The third-order valence-electron chi connectivity index (χ3n) is 5.41. The predicted octanol–water partition coefficient (Wildman–Crippen LogP) is 4.44. The molecule has 0 aliphatic carbocycles. The van der Waals surface area contributed by atoms with Gasteiger partial charge in [0, 0.05) is 18.2 Å². The van der Waals surface area contributed by atoms with Gasteiger partial charge in [-0.2, -0.15) is 0 Å². The number of ketones is 1. The van der Waals surface area contributed by atoms with Gasteiger partial charge in [-0.25, -0.2) is 4.39 Å². The molecule has 1 unspecified atom stereocenters. The first-order chi connectivity index (χ1) is 13.0. The largest absolute Gasteiger partial charge is 0.308 e. The second kappa shape index (κ2) is 9.25. The van der Waals surface area contributed by atoms with E-state index < -0.39 is 0 Å². The van der Waals surface area contributed by atoms with Gasteiger partial charge in [0.25, 0.3) is 0 Å².